The molecule has 164 valence electrons. The Hall–Kier alpha value is -1.61. The highest BCUT2D eigenvalue weighted by molar-refractivity contribution is 8.03. The molecule has 2 unspecified atom stereocenters. The molecule has 0 aliphatic carbocycles. The molecule has 6 atom stereocenters. The molecule has 2 saturated heterocycles. The summed E-state index contributed by atoms with van der Waals surface area (Å²) in [6, 6.07) is 4.36. The van der Waals surface area contributed by atoms with Crippen LogP contribution in [0.4, 0.5) is 0 Å². The van der Waals surface area contributed by atoms with Gasteiger partial charge in [0, 0.05) is 40.8 Å². The fourth-order valence-corrected chi connectivity index (χ4v) is 6.36. The van der Waals surface area contributed by atoms with Crippen LogP contribution in [0.25, 0.3) is 0 Å². The van der Waals surface area contributed by atoms with Crippen molar-refractivity contribution in [2.45, 2.75) is 50.1 Å². The van der Waals surface area contributed by atoms with E-state index in [9.17, 15) is 19.8 Å². The van der Waals surface area contributed by atoms with Gasteiger partial charge < -0.3 is 32.8 Å². The van der Waals surface area contributed by atoms with Crippen molar-refractivity contribution in [3.8, 4) is 0 Å². The molecule has 0 spiro atoms. The second-order valence-corrected chi connectivity index (χ2v) is 9.77. The molecule has 3 N–H and O–H groups in total. The number of carbonyl (C=O) groups excluding carboxylic acids is 1. The number of hydrogen-bond donors (Lipinski definition) is 3. The molecule has 3 aliphatic rings. The van der Waals surface area contributed by atoms with Crippen LogP contribution in [0.3, 0.4) is 0 Å². The number of pyridine rings is 1. The van der Waals surface area contributed by atoms with Gasteiger partial charge >= 0.3 is 5.97 Å². The van der Waals surface area contributed by atoms with Gasteiger partial charge in [0.25, 0.3) is 0 Å². The molecule has 1 aromatic rings. The normalized spacial score (nSPS) is 31.3. The average Bonchev–Trinajstić information content (AvgIpc) is 3.18. The Morgan fingerprint density at radius 2 is 2.07 bits per heavy atom. The molecule has 1 aromatic heterocycles. The van der Waals surface area contributed by atoms with Crippen molar-refractivity contribution in [3.05, 3.63) is 40.7 Å². The van der Waals surface area contributed by atoms with Gasteiger partial charge in [0.2, 0.25) is 5.91 Å². The van der Waals surface area contributed by atoms with Gasteiger partial charge in [0.1, 0.15) is 12.7 Å². The van der Waals surface area contributed by atoms with Crippen molar-refractivity contribution in [2.24, 2.45) is 18.9 Å². The largest absolute Gasteiger partial charge is 1.00 e. The molecular formula is C21H28ClN3O4S. The molecule has 0 radical (unpaired) electrons. The Morgan fingerprint density at radius 3 is 2.67 bits per heavy atom. The van der Waals surface area contributed by atoms with E-state index < -0.39 is 18.0 Å². The summed E-state index contributed by atoms with van der Waals surface area (Å²) < 4.78 is 2.01. The predicted molar refractivity (Wildman–Crippen MR) is 109 cm³/mol. The smallest absolute Gasteiger partial charge is 0.353 e. The lowest BCUT2D eigenvalue weighted by molar-refractivity contribution is -0.671. The number of nitrogens with one attached hydrogen (secondary N) is 1. The van der Waals surface area contributed by atoms with Gasteiger partial charge in [-0.15, -0.1) is 11.8 Å². The third kappa shape index (κ3) is 3.98. The lowest BCUT2D eigenvalue weighted by atomic mass is 9.79. The number of aliphatic hydroxyl groups excluding tert-OH is 1. The average molecular weight is 454 g/mol. The van der Waals surface area contributed by atoms with Gasteiger partial charge in [0.15, 0.2) is 12.4 Å². The minimum atomic E-state index is -1.06. The zero-order chi connectivity index (χ0) is 20.9. The summed E-state index contributed by atoms with van der Waals surface area (Å²) in [6.45, 7) is 4.40. The van der Waals surface area contributed by atoms with Crippen molar-refractivity contribution in [1.82, 2.24) is 10.2 Å². The van der Waals surface area contributed by atoms with Gasteiger partial charge in [-0.3, -0.25) is 4.79 Å². The van der Waals surface area contributed by atoms with Crippen molar-refractivity contribution in [2.75, 3.05) is 6.54 Å². The number of fused-ring (bicyclic) bond motifs is 1. The number of aryl methyl sites for hydroxylation is 1. The summed E-state index contributed by atoms with van der Waals surface area (Å²) in [6.07, 6.45) is 5.21. The summed E-state index contributed by atoms with van der Waals surface area (Å²) in [5, 5.41) is 23.6. The highest BCUT2D eigenvalue weighted by atomic mass is 35.5. The lowest BCUT2D eigenvalue weighted by Gasteiger charge is -2.46. The highest BCUT2D eigenvalue weighted by Gasteiger charge is 2.60. The number of amides is 1. The Bertz CT molecular complexity index is 860. The second kappa shape index (κ2) is 8.86. The fraction of sp³-hybridized carbons (Fsp3) is 0.571. The van der Waals surface area contributed by atoms with Gasteiger partial charge in [-0.1, -0.05) is 6.92 Å². The van der Waals surface area contributed by atoms with Crippen molar-refractivity contribution >= 4 is 23.6 Å². The van der Waals surface area contributed by atoms with Gasteiger partial charge in [-0.25, -0.2) is 9.36 Å². The van der Waals surface area contributed by atoms with Crippen LogP contribution in [-0.4, -0.2) is 57.0 Å². The number of rotatable bonds is 6. The first-order chi connectivity index (χ1) is 13.8. The predicted octanol–water partition coefficient (Wildman–Crippen LogP) is -2.32. The molecule has 0 aromatic carbocycles. The number of nitrogens with zero attached hydrogens (tertiary/aromatic N) is 2. The number of aromatic nitrogens is 1. The quantitative estimate of drug-likeness (QED) is 0.330. The molecule has 0 saturated carbocycles. The standard InChI is InChI=1S/C21H27N3O4S.ClH/c1-11-17-16(12(2)25)20(26)24(17)18(21(27)28)19(11)29-15-9-14(22-10-15)8-13-4-6-23(3)7-5-13;/h4-7,11-12,14-17,22,25H,8-10H2,1-3H3;1H/t11-,12-,14?,15?,16-,17-;/m1./s1. The van der Waals surface area contributed by atoms with E-state index in [0.717, 1.165) is 24.3 Å². The summed E-state index contributed by atoms with van der Waals surface area (Å²) >= 11 is 1.60. The van der Waals surface area contributed by atoms with Crippen LogP contribution in [0.15, 0.2) is 35.1 Å². The monoisotopic (exact) mass is 453 g/mol. The molecule has 4 rings (SSSR count). The summed E-state index contributed by atoms with van der Waals surface area (Å²) in [4.78, 5) is 26.6. The molecule has 0 bridgehead atoms. The topological polar surface area (TPSA) is 93.8 Å². The number of carboxylic acids is 1. The molecule has 2 fully saturated rings. The number of carboxylic acid groups (broad SMARTS) is 1. The van der Waals surface area contributed by atoms with Crippen molar-refractivity contribution < 1.29 is 36.8 Å². The SMILES string of the molecule is C[C@@H](O)[C@H]1C(=O)N2C(C(=O)O)=C(SC3CNC(Cc4cc[n+](C)cc4)C3)[C@H](C)[C@H]12.[Cl-]. The maximum Gasteiger partial charge on any atom is 0.353 e. The van der Waals surface area contributed by atoms with E-state index in [2.05, 4.69) is 17.4 Å². The molecule has 7 nitrogen and oxygen atoms in total. The number of aliphatic hydroxyl groups is 1. The highest BCUT2D eigenvalue weighted by Crippen LogP contribution is 2.51. The lowest BCUT2D eigenvalue weighted by Crippen LogP contribution is -3.00. The van der Waals surface area contributed by atoms with Gasteiger partial charge in [0.05, 0.1) is 18.1 Å². The van der Waals surface area contributed by atoms with E-state index in [1.54, 1.807) is 18.7 Å². The number of aliphatic carboxylic acids is 1. The van der Waals surface area contributed by atoms with E-state index in [1.165, 1.54) is 10.5 Å². The van der Waals surface area contributed by atoms with Gasteiger partial charge in [-0.05, 0) is 25.3 Å². The third-order valence-corrected chi connectivity index (χ3v) is 7.83. The van der Waals surface area contributed by atoms with E-state index in [0.29, 0.717) is 6.04 Å². The number of hydrogen-bond acceptors (Lipinski definition) is 5. The van der Waals surface area contributed by atoms with Gasteiger partial charge in [-0.2, -0.15) is 0 Å². The van der Waals surface area contributed by atoms with Crippen molar-refractivity contribution in [3.63, 3.8) is 0 Å². The van der Waals surface area contributed by atoms with E-state index >= 15 is 0 Å². The Balaban J connectivity index is 0.00000256. The van der Waals surface area contributed by atoms with Crippen LogP contribution in [0.5, 0.6) is 0 Å². The molecular weight excluding hydrogens is 426 g/mol. The first-order valence-electron chi connectivity index (χ1n) is 10.1. The maximum atomic E-state index is 12.5. The first-order valence-corrected chi connectivity index (χ1v) is 11.0. The number of carbonyl (C=O) groups is 2. The summed E-state index contributed by atoms with van der Waals surface area (Å²) in [5.41, 5.74) is 1.40. The minimum Gasteiger partial charge on any atom is -1.00 e. The van der Waals surface area contributed by atoms with Crippen LogP contribution in [0, 0.1) is 11.8 Å². The third-order valence-electron chi connectivity index (χ3n) is 6.32. The Kier molecular flexibility index (Phi) is 6.81. The van der Waals surface area contributed by atoms with Crippen LogP contribution in [0.1, 0.15) is 25.8 Å². The van der Waals surface area contributed by atoms with Crippen molar-refractivity contribution in [1.29, 1.82) is 0 Å². The zero-order valence-corrected chi connectivity index (χ0v) is 18.9. The number of thioether (sulfide) groups is 1. The maximum absolute atomic E-state index is 12.5. The fourth-order valence-electron chi connectivity index (χ4n) is 4.84. The van der Waals surface area contributed by atoms with E-state index in [-0.39, 0.29) is 41.2 Å². The Labute approximate surface area is 186 Å². The van der Waals surface area contributed by atoms with E-state index in [4.69, 9.17) is 0 Å². The van der Waals surface area contributed by atoms with Crippen LogP contribution in [-0.2, 0) is 23.1 Å². The minimum absolute atomic E-state index is 0. The van der Waals surface area contributed by atoms with Crippen LogP contribution >= 0.6 is 11.8 Å². The summed E-state index contributed by atoms with van der Waals surface area (Å²) in [7, 11) is 2.00. The zero-order valence-electron chi connectivity index (χ0n) is 17.3. The molecule has 3 aliphatic heterocycles. The summed E-state index contributed by atoms with van der Waals surface area (Å²) in [5.74, 6) is -1.91. The molecule has 4 heterocycles. The number of halogens is 1. The molecule has 30 heavy (non-hydrogen) atoms. The van der Waals surface area contributed by atoms with Crippen LogP contribution in [0.2, 0.25) is 0 Å². The number of β-lactam (4-membered cyclic amide) rings is 1. The molecule has 9 heteroatoms. The van der Waals surface area contributed by atoms with Crippen LogP contribution < -0.4 is 22.3 Å². The Morgan fingerprint density at radius 1 is 1.40 bits per heavy atom. The first kappa shape index (κ1) is 23.1. The second-order valence-electron chi connectivity index (χ2n) is 8.43. The van der Waals surface area contributed by atoms with E-state index in [1.807, 2.05) is 30.9 Å². The molecule has 1 amide bonds.